The average molecular weight is 512 g/mol. The first-order valence-electron chi connectivity index (χ1n) is 12.3. The maximum Gasteiger partial charge on any atom is 0.263 e. The number of anilines is 1. The Morgan fingerprint density at radius 3 is 2.47 bits per heavy atom. The smallest absolute Gasteiger partial charge is 0.263 e. The van der Waals surface area contributed by atoms with Crippen LogP contribution in [0.15, 0.2) is 30.7 Å². The normalized spacial score (nSPS) is 17.4. The second kappa shape index (κ2) is 9.79. The Morgan fingerprint density at radius 1 is 1.11 bits per heavy atom. The van der Waals surface area contributed by atoms with E-state index in [9.17, 15) is 8.42 Å². The Balaban J connectivity index is 1.32. The van der Waals surface area contributed by atoms with Crippen LogP contribution in [-0.4, -0.2) is 58.5 Å². The van der Waals surface area contributed by atoms with Crippen LogP contribution in [0.2, 0.25) is 0 Å². The molecule has 1 aromatic carbocycles. The molecule has 2 aliphatic rings. The van der Waals surface area contributed by atoms with E-state index in [0.717, 1.165) is 61.0 Å². The number of piperidine rings is 1. The summed E-state index contributed by atoms with van der Waals surface area (Å²) in [5.74, 6) is 0.995. The molecule has 0 spiro atoms. The molecule has 11 heteroatoms. The highest BCUT2D eigenvalue weighted by Crippen LogP contribution is 2.31. The lowest BCUT2D eigenvalue weighted by Crippen LogP contribution is -2.31. The topological polar surface area (TPSA) is 128 Å². The average Bonchev–Trinajstić information content (AvgIpc) is 3.61. The molecular formula is C25H33N7O3S. The summed E-state index contributed by atoms with van der Waals surface area (Å²) in [7, 11) is -1.11. The van der Waals surface area contributed by atoms with E-state index >= 15 is 0 Å². The summed E-state index contributed by atoms with van der Waals surface area (Å²) < 4.78 is 35.2. The number of nitrogens with two attached hydrogens (primary N) is 1. The van der Waals surface area contributed by atoms with Crippen molar-refractivity contribution in [1.29, 1.82) is 0 Å². The Bertz CT molecular complexity index is 1340. The van der Waals surface area contributed by atoms with Crippen molar-refractivity contribution in [2.45, 2.75) is 57.4 Å². The largest absolute Gasteiger partial charge is 0.433 e. The zero-order valence-corrected chi connectivity index (χ0v) is 21.8. The molecular weight excluding hydrogens is 478 g/mol. The van der Waals surface area contributed by atoms with Crippen molar-refractivity contribution in [2.75, 3.05) is 25.9 Å². The molecule has 1 saturated heterocycles. The summed E-state index contributed by atoms with van der Waals surface area (Å²) in [6.07, 6.45) is 8.76. The number of aromatic nitrogens is 4. The molecule has 1 aliphatic heterocycles. The van der Waals surface area contributed by atoms with Crippen LogP contribution in [0.25, 0.3) is 11.3 Å². The van der Waals surface area contributed by atoms with Gasteiger partial charge in [0.2, 0.25) is 10.0 Å². The fraction of sp³-hybridized carbons (Fsp3) is 0.480. The van der Waals surface area contributed by atoms with Gasteiger partial charge >= 0.3 is 0 Å². The number of ether oxygens (including phenoxy) is 1. The Morgan fingerprint density at radius 2 is 1.81 bits per heavy atom. The highest BCUT2D eigenvalue weighted by molar-refractivity contribution is 7.90. The summed E-state index contributed by atoms with van der Waals surface area (Å²) in [6.45, 7) is 6.31. The van der Waals surface area contributed by atoms with Crippen molar-refractivity contribution in [3.63, 3.8) is 0 Å². The number of rotatable bonds is 8. The number of nitrogens with zero attached hydrogens (tertiary/aromatic N) is 5. The van der Waals surface area contributed by atoms with Crippen LogP contribution in [0, 0.1) is 13.8 Å². The lowest BCUT2D eigenvalue weighted by Gasteiger charge is -2.28. The van der Waals surface area contributed by atoms with Gasteiger partial charge in [0.25, 0.3) is 5.88 Å². The first-order valence-corrected chi connectivity index (χ1v) is 13.9. The second-order valence-corrected chi connectivity index (χ2v) is 11.9. The number of nitrogen functional groups attached to an aromatic ring is 1. The minimum atomic E-state index is -3.24. The molecule has 0 bridgehead atoms. The van der Waals surface area contributed by atoms with Gasteiger partial charge in [-0.2, -0.15) is 5.10 Å². The molecule has 2 aromatic heterocycles. The predicted octanol–water partition coefficient (Wildman–Crippen LogP) is 3.18. The van der Waals surface area contributed by atoms with Crippen LogP contribution in [0.1, 0.15) is 48.4 Å². The molecule has 5 rings (SSSR count). The number of aryl methyl sites for hydroxylation is 2. The van der Waals surface area contributed by atoms with Gasteiger partial charge in [-0.1, -0.05) is 0 Å². The molecule has 1 saturated carbocycles. The van der Waals surface area contributed by atoms with E-state index in [0.29, 0.717) is 17.5 Å². The first-order chi connectivity index (χ1) is 17.2. The molecule has 2 fully saturated rings. The molecule has 0 amide bonds. The number of nitrogens with one attached hydrogen (secondary N) is 1. The molecule has 10 nitrogen and oxygen atoms in total. The summed E-state index contributed by atoms with van der Waals surface area (Å²) >= 11 is 0. The van der Waals surface area contributed by atoms with E-state index in [4.69, 9.17) is 10.5 Å². The maximum absolute atomic E-state index is 12.2. The van der Waals surface area contributed by atoms with Gasteiger partial charge in [0, 0.05) is 12.1 Å². The van der Waals surface area contributed by atoms with Gasteiger partial charge in [-0.15, -0.1) is 0 Å². The summed E-state index contributed by atoms with van der Waals surface area (Å²) in [4.78, 5) is 11.3. The monoisotopic (exact) mass is 511 g/mol. The third-order valence-electron chi connectivity index (χ3n) is 7.03. The molecule has 0 radical (unpaired) electrons. The zero-order valence-electron chi connectivity index (χ0n) is 20.9. The third-order valence-corrected chi connectivity index (χ3v) is 8.92. The maximum atomic E-state index is 12.2. The summed E-state index contributed by atoms with van der Waals surface area (Å²) in [5.41, 5.74) is 10.5. The number of likely N-dealkylation sites (tertiary alicyclic amines) is 1. The molecule has 192 valence electrons. The van der Waals surface area contributed by atoms with Crippen molar-refractivity contribution >= 4 is 15.8 Å². The Hall–Kier alpha value is -3.02. The summed E-state index contributed by atoms with van der Waals surface area (Å²) in [5, 5.41) is 4.25. The van der Waals surface area contributed by atoms with Crippen LogP contribution in [-0.2, 0) is 16.6 Å². The van der Waals surface area contributed by atoms with E-state index in [-0.39, 0.29) is 23.5 Å². The molecule has 1 aliphatic carbocycles. The highest BCUT2D eigenvalue weighted by atomic mass is 32.2. The van der Waals surface area contributed by atoms with Gasteiger partial charge in [0.05, 0.1) is 35.6 Å². The molecule has 3 aromatic rings. The van der Waals surface area contributed by atoms with Gasteiger partial charge < -0.3 is 15.4 Å². The minimum absolute atomic E-state index is 0.199. The second-order valence-electron chi connectivity index (χ2n) is 9.89. The minimum Gasteiger partial charge on any atom is -0.433 e. The number of benzene rings is 1. The predicted molar refractivity (Wildman–Crippen MR) is 138 cm³/mol. The lowest BCUT2D eigenvalue weighted by atomic mass is 9.98. The zero-order chi connectivity index (χ0) is 25.4. The summed E-state index contributed by atoms with van der Waals surface area (Å²) in [6, 6.07) is 4.32. The molecule has 3 N–H and O–H groups in total. The lowest BCUT2D eigenvalue weighted by molar-refractivity contribution is 0.212. The molecule has 36 heavy (non-hydrogen) atoms. The fourth-order valence-electron chi connectivity index (χ4n) is 4.63. The number of hydrogen-bond acceptors (Lipinski definition) is 8. The van der Waals surface area contributed by atoms with E-state index in [1.165, 1.54) is 0 Å². The van der Waals surface area contributed by atoms with E-state index < -0.39 is 10.0 Å². The highest BCUT2D eigenvalue weighted by Gasteiger charge is 2.35. The van der Waals surface area contributed by atoms with Gasteiger partial charge in [-0.25, -0.2) is 23.1 Å². The van der Waals surface area contributed by atoms with Gasteiger partial charge in [-0.3, -0.25) is 4.68 Å². The molecule has 0 unspecified atom stereocenters. The fourth-order valence-corrected chi connectivity index (χ4v) is 5.97. The van der Waals surface area contributed by atoms with Crippen molar-refractivity contribution < 1.29 is 13.2 Å². The van der Waals surface area contributed by atoms with Crippen LogP contribution >= 0.6 is 0 Å². The number of hydrogen-bond donors (Lipinski definition) is 2. The Labute approximate surface area is 211 Å². The third kappa shape index (κ3) is 5.37. The van der Waals surface area contributed by atoms with Gasteiger partial charge in [0.1, 0.15) is 0 Å². The van der Waals surface area contributed by atoms with Crippen LogP contribution < -0.4 is 15.2 Å². The first kappa shape index (κ1) is 24.7. The molecule has 3 heterocycles. The Kier molecular flexibility index (Phi) is 6.71. The van der Waals surface area contributed by atoms with Gasteiger partial charge in [0.15, 0.2) is 11.6 Å². The van der Waals surface area contributed by atoms with Crippen LogP contribution in [0.5, 0.6) is 11.6 Å². The van der Waals surface area contributed by atoms with E-state index in [1.54, 1.807) is 12.4 Å². The van der Waals surface area contributed by atoms with Crippen molar-refractivity contribution in [1.82, 2.24) is 29.4 Å². The van der Waals surface area contributed by atoms with E-state index in [2.05, 4.69) is 31.7 Å². The van der Waals surface area contributed by atoms with Crippen molar-refractivity contribution in [3.05, 3.63) is 47.4 Å². The van der Waals surface area contributed by atoms with Crippen LogP contribution in [0.4, 0.5) is 5.82 Å². The molecule has 0 atom stereocenters. The van der Waals surface area contributed by atoms with Gasteiger partial charge in [-0.05, 0) is 88.5 Å². The van der Waals surface area contributed by atoms with Crippen molar-refractivity contribution in [2.24, 2.45) is 0 Å². The van der Waals surface area contributed by atoms with Crippen molar-refractivity contribution in [3.8, 4) is 22.9 Å². The van der Waals surface area contributed by atoms with E-state index in [1.807, 2.05) is 36.9 Å². The quantitative estimate of drug-likeness (QED) is 0.472. The standard InChI is InChI=1S/C25H33N7O3S/c1-16-10-18(11-17(2)22(16)13-29-36(33,34)21-4-5-21)23-14-27-24(26)25(30-23)35-20-12-28-32(15-20)19-6-8-31(3)9-7-19/h10-12,14-15,19,21,29H,4-9,13H2,1-3H3,(H2,26,27). The SMILES string of the molecule is Cc1cc(-c2cnc(N)c(Oc3cnn(C4CCN(C)CC4)c3)n2)cc(C)c1CNS(=O)(=O)C1CC1. The van der Waals surface area contributed by atoms with Crippen LogP contribution in [0.3, 0.4) is 0 Å². The number of sulfonamides is 1.